The van der Waals surface area contributed by atoms with Crippen LogP contribution in [0.2, 0.25) is 5.02 Å². The highest BCUT2D eigenvalue weighted by Crippen LogP contribution is 2.37. The first-order valence-electron chi connectivity index (χ1n) is 11.4. The van der Waals surface area contributed by atoms with Gasteiger partial charge in [0.25, 0.3) is 5.91 Å². The van der Waals surface area contributed by atoms with Crippen LogP contribution in [-0.4, -0.2) is 34.0 Å². The summed E-state index contributed by atoms with van der Waals surface area (Å²) in [5.41, 5.74) is 4.19. The number of aliphatic carboxylic acids is 1. The number of nitrogens with zero attached hydrogens (tertiary/aromatic N) is 1. The normalized spacial score (nSPS) is 16.6. The van der Waals surface area contributed by atoms with Crippen molar-refractivity contribution in [2.45, 2.75) is 45.3 Å². The van der Waals surface area contributed by atoms with Gasteiger partial charge < -0.3 is 14.7 Å². The molecule has 3 aromatic rings. The number of rotatable bonds is 8. The maximum absolute atomic E-state index is 13.3. The molecule has 0 aromatic heterocycles. The molecule has 1 amide bonds. The number of amides is 1. The molecule has 0 bridgehead atoms. The van der Waals surface area contributed by atoms with Gasteiger partial charge in [-0.3, -0.25) is 9.59 Å². The van der Waals surface area contributed by atoms with Gasteiger partial charge in [0.2, 0.25) is 0 Å². The van der Waals surface area contributed by atoms with E-state index < -0.39 is 18.1 Å². The van der Waals surface area contributed by atoms with Crippen LogP contribution in [-0.2, 0) is 30.6 Å². The minimum absolute atomic E-state index is 0.115. The third kappa shape index (κ3) is 5.42. The highest BCUT2D eigenvalue weighted by Gasteiger charge is 2.35. The first-order valence-corrected chi connectivity index (χ1v) is 11.8. The first-order chi connectivity index (χ1) is 16.3. The third-order valence-electron chi connectivity index (χ3n) is 6.17. The molecule has 3 aromatic carbocycles. The van der Waals surface area contributed by atoms with E-state index in [1.165, 1.54) is 16.0 Å². The summed E-state index contributed by atoms with van der Waals surface area (Å²) in [7, 11) is 0. The number of hydrogen-bond acceptors (Lipinski definition) is 3. The lowest BCUT2D eigenvalue weighted by atomic mass is 9.91. The Labute approximate surface area is 204 Å². The fraction of sp³-hybridized carbons (Fsp3) is 0.286. The van der Waals surface area contributed by atoms with E-state index in [2.05, 4.69) is 38.1 Å². The zero-order valence-corrected chi connectivity index (χ0v) is 20.1. The van der Waals surface area contributed by atoms with Gasteiger partial charge in [-0.15, -0.1) is 0 Å². The van der Waals surface area contributed by atoms with Crippen LogP contribution in [0.3, 0.4) is 0 Å². The molecular weight excluding hydrogens is 450 g/mol. The van der Waals surface area contributed by atoms with Crippen molar-refractivity contribution in [3.63, 3.8) is 0 Å². The zero-order chi connectivity index (χ0) is 24.3. The summed E-state index contributed by atoms with van der Waals surface area (Å²) in [6.45, 7) is 3.92. The molecule has 34 heavy (non-hydrogen) atoms. The van der Waals surface area contributed by atoms with Gasteiger partial charge in [0.05, 0.1) is 0 Å². The molecule has 176 valence electrons. The molecule has 1 aliphatic heterocycles. The van der Waals surface area contributed by atoms with E-state index in [9.17, 15) is 14.7 Å². The second-order valence-corrected chi connectivity index (χ2v) is 9.45. The highest BCUT2D eigenvalue weighted by molar-refractivity contribution is 6.31. The second-order valence-electron chi connectivity index (χ2n) is 9.04. The quantitative estimate of drug-likeness (QED) is 0.461. The number of ether oxygens (including phenoxy) is 1. The molecule has 0 radical (unpaired) electrons. The van der Waals surface area contributed by atoms with Gasteiger partial charge >= 0.3 is 5.97 Å². The Balaban J connectivity index is 1.52. The molecule has 0 saturated heterocycles. The number of benzene rings is 3. The first kappa shape index (κ1) is 23.8. The minimum atomic E-state index is -1.08. The topological polar surface area (TPSA) is 66.8 Å². The van der Waals surface area contributed by atoms with Gasteiger partial charge in [-0.2, -0.15) is 0 Å². The summed E-state index contributed by atoms with van der Waals surface area (Å²) < 4.78 is 6.29. The van der Waals surface area contributed by atoms with Crippen LogP contribution in [0.1, 0.15) is 46.5 Å². The Hall–Kier alpha value is -3.31. The van der Waals surface area contributed by atoms with Crippen molar-refractivity contribution in [1.29, 1.82) is 0 Å². The third-order valence-corrected chi connectivity index (χ3v) is 6.54. The number of carboxylic acids is 1. The van der Waals surface area contributed by atoms with Gasteiger partial charge in [-0.1, -0.05) is 61.0 Å². The largest absolute Gasteiger partial charge is 0.487 e. The molecule has 0 unspecified atom stereocenters. The number of carbonyl (C=O) groups is 2. The fourth-order valence-electron chi connectivity index (χ4n) is 4.46. The summed E-state index contributed by atoms with van der Waals surface area (Å²) in [4.78, 5) is 26.0. The van der Waals surface area contributed by atoms with Crippen LogP contribution >= 0.6 is 11.6 Å². The molecule has 0 spiro atoms. The molecule has 1 atom stereocenters. The molecule has 6 heteroatoms. The van der Waals surface area contributed by atoms with Gasteiger partial charge in [-0.05, 0) is 59.9 Å². The molecule has 1 aliphatic rings. The lowest BCUT2D eigenvalue weighted by Crippen LogP contribution is -2.35. The van der Waals surface area contributed by atoms with Crippen LogP contribution in [0.15, 0.2) is 66.7 Å². The number of fused-ring (bicyclic) bond motifs is 1. The van der Waals surface area contributed by atoms with Crippen LogP contribution in [0, 0.1) is 0 Å². The zero-order valence-electron chi connectivity index (χ0n) is 19.4. The lowest BCUT2D eigenvalue weighted by Gasteiger charge is -2.24. The lowest BCUT2D eigenvalue weighted by molar-refractivity contribution is -0.137. The van der Waals surface area contributed by atoms with Crippen LogP contribution < -0.4 is 4.74 Å². The van der Waals surface area contributed by atoms with Crippen LogP contribution in [0.25, 0.3) is 0 Å². The van der Waals surface area contributed by atoms with Gasteiger partial charge in [0.15, 0.2) is 0 Å². The van der Waals surface area contributed by atoms with E-state index in [0.29, 0.717) is 22.6 Å². The van der Waals surface area contributed by atoms with Crippen molar-refractivity contribution in [3.05, 3.63) is 99.6 Å². The Morgan fingerprint density at radius 1 is 1.06 bits per heavy atom. The maximum Gasteiger partial charge on any atom is 0.323 e. The highest BCUT2D eigenvalue weighted by atomic mass is 35.5. The van der Waals surface area contributed by atoms with Crippen LogP contribution in [0.5, 0.6) is 5.75 Å². The van der Waals surface area contributed by atoms with Gasteiger partial charge in [0, 0.05) is 30.0 Å². The average molecular weight is 478 g/mol. The summed E-state index contributed by atoms with van der Waals surface area (Å²) >= 11 is 6.25. The summed E-state index contributed by atoms with van der Waals surface area (Å²) in [5.74, 6) is -0.666. The minimum Gasteiger partial charge on any atom is -0.487 e. The predicted molar refractivity (Wildman–Crippen MR) is 133 cm³/mol. The van der Waals surface area contributed by atoms with Crippen LogP contribution in [0.4, 0.5) is 0 Å². The Kier molecular flexibility index (Phi) is 6.94. The smallest absolute Gasteiger partial charge is 0.323 e. The van der Waals surface area contributed by atoms with Crippen molar-refractivity contribution in [2.75, 3.05) is 6.54 Å². The molecule has 0 fully saturated rings. The second kappa shape index (κ2) is 9.90. The average Bonchev–Trinajstić information content (AvgIpc) is 3.14. The van der Waals surface area contributed by atoms with E-state index in [4.69, 9.17) is 16.3 Å². The van der Waals surface area contributed by atoms with Crippen molar-refractivity contribution in [1.82, 2.24) is 4.90 Å². The SMILES string of the molecule is CCc1ccc(C[C@]2(C)Cc3cc(C(=O)N(CC(=O)O)Cc4ccccc4Cl)ccc3O2)cc1. The monoisotopic (exact) mass is 477 g/mol. The van der Waals surface area contributed by atoms with Gasteiger partial charge in [0.1, 0.15) is 17.9 Å². The van der Waals surface area contributed by atoms with E-state index in [1.807, 2.05) is 18.2 Å². The molecule has 0 aliphatic carbocycles. The molecule has 5 nitrogen and oxygen atoms in total. The summed E-state index contributed by atoms with van der Waals surface area (Å²) in [6, 6.07) is 21.0. The van der Waals surface area contributed by atoms with E-state index >= 15 is 0 Å². The van der Waals surface area contributed by atoms with Crippen molar-refractivity contribution in [3.8, 4) is 5.75 Å². The van der Waals surface area contributed by atoms with Gasteiger partial charge in [-0.25, -0.2) is 0 Å². The fourth-order valence-corrected chi connectivity index (χ4v) is 4.65. The predicted octanol–water partition coefficient (Wildman–Crippen LogP) is 5.57. The summed E-state index contributed by atoms with van der Waals surface area (Å²) in [6.07, 6.45) is 2.43. The van der Waals surface area contributed by atoms with E-state index in [-0.39, 0.29) is 12.5 Å². The van der Waals surface area contributed by atoms with Crippen molar-refractivity contribution >= 4 is 23.5 Å². The van der Waals surface area contributed by atoms with E-state index in [0.717, 1.165) is 24.2 Å². The molecular formula is C28H28ClNO4. The number of halogens is 1. The number of carboxylic acid groups (broad SMARTS) is 1. The number of aryl methyl sites for hydroxylation is 1. The molecule has 1 N–H and O–H groups in total. The molecule has 1 heterocycles. The Morgan fingerprint density at radius 2 is 1.76 bits per heavy atom. The van der Waals surface area contributed by atoms with E-state index in [1.54, 1.807) is 24.3 Å². The van der Waals surface area contributed by atoms with Crippen molar-refractivity contribution < 1.29 is 19.4 Å². The maximum atomic E-state index is 13.3. The Bertz CT molecular complexity index is 1210. The number of carbonyl (C=O) groups excluding carboxylic acids is 1. The summed E-state index contributed by atoms with van der Waals surface area (Å²) in [5, 5.41) is 9.87. The molecule has 4 rings (SSSR count). The standard InChI is InChI=1S/C28H28ClNO4/c1-3-19-8-10-20(11-9-19)15-28(2)16-23-14-21(12-13-25(23)34-28)27(33)30(18-26(31)32)17-22-6-4-5-7-24(22)29/h4-14H,3,15-18H2,1-2H3,(H,31,32)/t28-/m1/s1. The number of hydrogen-bond donors (Lipinski definition) is 1. The molecule has 0 saturated carbocycles. The Morgan fingerprint density at radius 3 is 2.44 bits per heavy atom. The van der Waals surface area contributed by atoms with Crippen molar-refractivity contribution in [2.24, 2.45) is 0 Å².